The third-order valence-corrected chi connectivity index (χ3v) is 5.28. The Labute approximate surface area is 157 Å². The molecule has 3 N–H and O–H groups in total. The van der Waals surface area contributed by atoms with Crippen molar-refractivity contribution in [3.8, 4) is 0 Å². The predicted molar refractivity (Wildman–Crippen MR) is 103 cm³/mol. The molecule has 0 saturated carbocycles. The number of hydrogen-bond donors (Lipinski definition) is 3. The van der Waals surface area contributed by atoms with Crippen LogP contribution in [-0.4, -0.2) is 29.0 Å². The van der Waals surface area contributed by atoms with Crippen molar-refractivity contribution in [2.75, 3.05) is 13.1 Å². The summed E-state index contributed by atoms with van der Waals surface area (Å²) in [5.41, 5.74) is 2.57. The number of aromatic amines is 1. The molecule has 0 radical (unpaired) electrons. The molecule has 1 aliphatic heterocycles. The molecule has 0 spiro atoms. The first-order valence-corrected chi connectivity index (χ1v) is 9.14. The van der Waals surface area contributed by atoms with Crippen LogP contribution in [0.4, 0.5) is 0 Å². The predicted octanol–water partition coefficient (Wildman–Crippen LogP) is 3.23. The molecule has 1 aromatic heterocycles. The van der Waals surface area contributed by atoms with Gasteiger partial charge in [-0.1, -0.05) is 35.9 Å². The van der Waals surface area contributed by atoms with E-state index in [1.165, 1.54) is 0 Å². The summed E-state index contributed by atoms with van der Waals surface area (Å²) in [4.78, 5) is 20.9. The molecule has 1 aliphatic rings. The van der Waals surface area contributed by atoms with Gasteiger partial charge < -0.3 is 15.6 Å². The zero-order chi connectivity index (χ0) is 18.1. The molecule has 3 aromatic rings. The van der Waals surface area contributed by atoms with Gasteiger partial charge in [-0.3, -0.25) is 4.79 Å². The number of rotatable bonds is 5. The molecule has 1 atom stereocenters. The molecule has 0 aliphatic carbocycles. The van der Waals surface area contributed by atoms with Crippen LogP contribution in [-0.2, 0) is 11.2 Å². The van der Waals surface area contributed by atoms with Crippen LogP contribution in [0.1, 0.15) is 24.4 Å². The number of benzene rings is 2. The van der Waals surface area contributed by atoms with Gasteiger partial charge in [0, 0.05) is 18.1 Å². The standard InChI is InChI=1S/C20H21ClN4O/c1-13(18-24-16-4-2-3-5-17(16)25-18)23-19(26)20(11-22-12-20)10-14-6-8-15(21)9-7-14/h2-9,13,22H,10-12H2,1H3,(H,23,26)(H,24,25). The largest absolute Gasteiger partial charge is 0.346 e. The van der Waals surface area contributed by atoms with Crippen molar-refractivity contribution in [3.05, 3.63) is 64.9 Å². The second-order valence-electron chi connectivity index (χ2n) is 7.02. The number of aromatic nitrogens is 2. The molecule has 2 heterocycles. The van der Waals surface area contributed by atoms with Crippen LogP contribution in [0, 0.1) is 5.41 Å². The van der Waals surface area contributed by atoms with E-state index in [4.69, 9.17) is 11.6 Å². The Morgan fingerprint density at radius 2 is 1.96 bits per heavy atom. The lowest BCUT2D eigenvalue weighted by Gasteiger charge is -2.41. The molecule has 1 fully saturated rings. The van der Waals surface area contributed by atoms with E-state index in [0.29, 0.717) is 24.5 Å². The summed E-state index contributed by atoms with van der Waals surface area (Å²) in [6, 6.07) is 15.4. The molecule has 26 heavy (non-hydrogen) atoms. The molecular weight excluding hydrogens is 348 g/mol. The van der Waals surface area contributed by atoms with Crippen LogP contribution < -0.4 is 10.6 Å². The van der Waals surface area contributed by atoms with Gasteiger partial charge in [0.2, 0.25) is 5.91 Å². The minimum atomic E-state index is -0.423. The molecule has 2 aromatic carbocycles. The van der Waals surface area contributed by atoms with Crippen molar-refractivity contribution in [1.82, 2.24) is 20.6 Å². The van der Waals surface area contributed by atoms with Crippen molar-refractivity contribution in [2.45, 2.75) is 19.4 Å². The van der Waals surface area contributed by atoms with Crippen molar-refractivity contribution >= 4 is 28.5 Å². The fourth-order valence-electron chi connectivity index (χ4n) is 3.38. The van der Waals surface area contributed by atoms with Gasteiger partial charge in [0.05, 0.1) is 22.5 Å². The number of amides is 1. The third kappa shape index (κ3) is 3.20. The SMILES string of the molecule is CC(NC(=O)C1(Cc2ccc(Cl)cc2)CNC1)c1nc2ccccc2[nH]1. The Kier molecular flexibility index (Phi) is 4.42. The van der Waals surface area contributed by atoms with Gasteiger partial charge in [0.25, 0.3) is 0 Å². The van der Waals surface area contributed by atoms with Gasteiger partial charge >= 0.3 is 0 Å². The summed E-state index contributed by atoms with van der Waals surface area (Å²) >= 11 is 5.96. The highest BCUT2D eigenvalue weighted by molar-refractivity contribution is 6.30. The summed E-state index contributed by atoms with van der Waals surface area (Å²) in [7, 11) is 0. The van der Waals surface area contributed by atoms with Gasteiger partial charge in [-0.25, -0.2) is 4.98 Å². The van der Waals surface area contributed by atoms with Gasteiger partial charge in [0.1, 0.15) is 5.82 Å². The van der Waals surface area contributed by atoms with Crippen LogP contribution in [0.15, 0.2) is 48.5 Å². The van der Waals surface area contributed by atoms with Crippen molar-refractivity contribution < 1.29 is 4.79 Å². The number of para-hydroxylation sites is 2. The lowest BCUT2D eigenvalue weighted by atomic mass is 9.75. The molecule has 6 heteroatoms. The zero-order valence-corrected chi connectivity index (χ0v) is 15.3. The smallest absolute Gasteiger partial charge is 0.229 e. The molecule has 0 bridgehead atoms. The quantitative estimate of drug-likeness (QED) is 0.647. The summed E-state index contributed by atoms with van der Waals surface area (Å²) in [5.74, 6) is 0.827. The number of fused-ring (bicyclic) bond motifs is 1. The average molecular weight is 369 g/mol. The highest BCUT2D eigenvalue weighted by Gasteiger charge is 2.44. The summed E-state index contributed by atoms with van der Waals surface area (Å²) in [6.45, 7) is 3.31. The number of nitrogens with one attached hydrogen (secondary N) is 3. The number of hydrogen-bond acceptors (Lipinski definition) is 3. The molecule has 5 nitrogen and oxygen atoms in total. The summed E-state index contributed by atoms with van der Waals surface area (Å²) in [6.07, 6.45) is 0.690. The zero-order valence-electron chi connectivity index (χ0n) is 14.6. The fourth-order valence-corrected chi connectivity index (χ4v) is 3.51. The highest BCUT2D eigenvalue weighted by atomic mass is 35.5. The average Bonchev–Trinajstić information content (AvgIpc) is 3.04. The Hall–Kier alpha value is -2.37. The lowest BCUT2D eigenvalue weighted by Crippen LogP contribution is -2.62. The Morgan fingerprint density at radius 3 is 2.62 bits per heavy atom. The van der Waals surface area contributed by atoms with Crippen LogP contribution in [0.2, 0.25) is 5.02 Å². The minimum absolute atomic E-state index is 0.0548. The highest BCUT2D eigenvalue weighted by Crippen LogP contribution is 2.30. The van der Waals surface area contributed by atoms with E-state index in [1.54, 1.807) is 0 Å². The maximum atomic E-state index is 13.0. The van der Waals surface area contributed by atoms with E-state index in [0.717, 1.165) is 22.4 Å². The summed E-state index contributed by atoms with van der Waals surface area (Å²) in [5, 5.41) is 7.08. The first kappa shape index (κ1) is 17.1. The van der Waals surface area contributed by atoms with Crippen molar-refractivity contribution in [1.29, 1.82) is 0 Å². The second-order valence-corrected chi connectivity index (χ2v) is 7.46. The number of imidazole rings is 1. The van der Waals surface area contributed by atoms with Crippen LogP contribution >= 0.6 is 11.6 Å². The normalized spacial score (nSPS) is 16.8. The van der Waals surface area contributed by atoms with E-state index in [1.807, 2.05) is 55.5 Å². The van der Waals surface area contributed by atoms with Gasteiger partial charge in [-0.15, -0.1) is 0 Å². The summed E-state index contributed by atoms with van der Waals surface area (Å²) < 4.78 is 0. The molecule has 4 rings (SSSR count). The number of carbonyl (C=O) groups excluding carboxylic acids is 1. The third-order valence-electron chi connectivity index (χ3n) is 5.03. The van der Waals surface area contributed by atoms with E-state index < -0.39 is 5.41 Å². The van der Waals surface area contributed by atoms with E-state index in [-0.39, 0.29) is 11.9 Å². The maximum Gasteiger partial charge on any atom is 0.229 e. The Bertz CT molecular complexity index is 897. The first-order valence-electron chi connectivity index (χ1n) is 8.77. The van der Waals surface area contributed by atoms with Gasteiger partial charge in [-0.05, 0) is 43.2 Å². The van der Waals surface area contributed by atoms with Crippen LogP contribution in [0.3, 0.4) is 0 Å². The molecule has 134 valence electrons. The van der Waals surface area contributed by atoms with Crippen molar-refractivity contribution in [3.63, 3.8) is 0 Å². The number of carbonyl (C=O) groups is 1. The first-order chi connectivity index (χ1) is 12.6. The minimum Gasteiger partial charge on any atom is -0.346 e. The topological polar surface area (TPSA) is 69.8 Å². The number of nitrogens with zero attached hydrogens (tertiary/aromatic N) is 1. The van der Waals surface area contributed by atoms with E-state index in [9.17, 15) is 4.79 Å². The fraction of sp³-hybridized carbons (Fsp3) is 0.300. The van der Waals surface area contributed by atoms with Gasteiger partial charge in [-0.2, -0.15) is 0 Å². The lowest BCUT2D eigenvalue weighted by molar-refractivity contribution is -0.134. The Balaban J connectivity index is 1.49. The number of halogens is 1. The Morgan fingerprint density at radius 1 is 1.23 bits per heavy atom. The molecule has 1 saturated heterocycles. The molecular formula is C20H21ClN4O. The van der Waals surface area contributed by atoms with E-state index >= 15 is 0 Å². The van der Waals surface area contributed by atoms with Crippen LogP contribution in [0.5, 0.6) is 0 Å². The van der Waals surface area contributed by atoms with E-state index in [2.05, 4.69) is 20.6 Å². The number of H-pyrrole nitrogens is 1. The molecule has 1 unspecified atom stereocenters. The molecule has 1 amide bonds. The van der Waals surface area contributed by atoms with Crippen molar-refractivity contribution in [2.24, 2.45) is 5.41 Å². The maximum absolute atomic E-state index is 13.0. The monoisotopic (exact) mass is 368 g/mol. The van der Waals surface area contributed by atoms with Gasteiger partial charge in [0.15, 0.2) is 0 Å². The second kappa shape index (κ2) is 6.74. The van der Waals surface area contributed by atoms with Crippen LogP contribution in [0.25, 0.3) is 11.0 Å².